The van der Waals surface area contributed by atoms with E-state index in [1.54, 1.807) is 6.07 Å². The van der Waals surface area contributed by atoms with Crippen LogP contribution in [0.4, 0.5) is 23.8 Å². The van der Waals surface area contributed by atoms with Crippen LogP contribution in [0.2, 0.25) is 0 Å². The van der Waals surface area contributed by atoms with E-state index < -0.39 is 54.7 Å². The molecule has 0 bridgehead atoms. The van der Waals surface area contributed by atoms with Gasteiger partial charge in [-0.15, -0.1) is 0 Å². The van der Waals surface area contributed by atoms with E-state index in [1.165, 1.54) is 22.5 Å². The third-order valence-corrected chi connectivity index (χ3v) is 7.41. The number of aromatic nitrogens is 4. The van der Waals surface area contributed by atoms with Crippen molar-refractivity contribution in [3.63, 3.8) is 0 Å². The molecule has 2 amide bonds. The van der Waals surface area contributed by atoms with Crippen molar-refractivity contribution in [1.29, 1.82) is 0 Å². The largest absolute Gasteiger partial charge is 0.443 e. The van der Waals surface area contributed by atoms with Crippen molar-refractivity contribution in [3.8, 4) is 0 Å². The molecule has 242 valence electrons. The van der Waals surface area contributed by atoms with Crippen molar-refractivity contribution in [2.24, 2.45) is 13.0 Å². The van der Waals surface area contributed by atoms with Gasteiger partial charge in [0, 0.05) is 31.0 Å². The SMILES string of the molecule is C=C1CC(C)(NC(=O)OC2CC(c3cc(NC(=O)c4cc(COCC(F)F)nn4C)n(COC(=O)CC(C)C)n3)CC2F)C1. The highest BCUT2D eigenvalue weighted by molar-refractivity contribution is 6.02. The summed E-state index contributed by atoms with van der Waals surface area (Å²) >= 11 is 0. The molecule has 2 fully saturated rings. The molecule has 0 aromatic carbocycles. The van der Waals surface area contributed by atoms with Gasteiger partial charge in [-0.3, -0.25) is 14.3 Å². The van der Waals surface area contributed by atoms with E-state index in [4.69, 9.17) is 14.2 Å². The number of ether oxygens (including phenoxy) is 3. The molecular weight excluding hydrogens is 585 g/mol. The summed E-state index contributed by atoms with van der Waals surface area (Å²) in [6, 6.07) is 2.96. The van der Waals surface area contributed by atoms with Crippen molar-refractivity contribution in [3.05, 3.63) is 41.4 Å². The van der Waals surface area contributed by atoms with E-state index in [-0.39, 0.29) is 55.7 Å². The first-order chi connectivity index (χ1) is 20.7. The molecule has 3 atom stereocenters. The molecule has 2 aromatic heterocycles. The molecule has 4 rings (SSSR count). The van der Waals surface area contributed by atoms with Gasteiger partial charge in [0.15, 0.2) is 6.73 Å². The van der Waals surface area contributed by atoms with Gasteiger partial charge >= 0.3 is 12.1 Å². The van der Waals surface area contributed by atoms with Crippen molar-refractivity contribution in [1.82, 2.24) is 24.9 Å². The molecule has 2 saturated carbocycles. The van der Waals surface area contributed by atoms with E-state index in [0.717, 1.165) is 5.57 Å². The molecule has 44 heavy (non-hydrogen) atoms. The summed E-state index contributed by atoms with van der Waals surface area (Å²) in [7, 11) is 1.51. The summed E-state index contributed by atoms with van der Waals surface area (Å²) in [6.45, 7) is 8.21. The highest BCUT2D eigenvalue weighted by atomic mass is 19.3. The highest BCUT2D eigenvalue weighted by Gasteiger charge is 2.42. The fourth-order valence-electron chi connectivity index (χ4n) is 5.47. The van der Waals surface area contributed by atoms with Crippen LogP contribution in [0.3, 0.4) is 0 Å². The first-order valence-electron chi connectivity index (χ1n) is 14.4. The van der Waals surface area contributed by atoms with Gasteiger partial charge in [0.2, 0.25) is 0 Å². The molecule has 0 aliphatic heterocycles. The van der Waals surface area contributed by atoms with Crippen LogP contribution < -0.4 is 10.6 Å². The molecule has 0 spiro atoms. The lowest BCUT2D eigenvalue weighted by Crippen LogP contribution is -2.52. The van der Waals surface area contributed by atoms with Crippen molar-refractivity contribution < 1.29 is 41.8 Å². The van der Waals surface area contributed by atoms with Crippen LogP contribution in [0.15, 0.2) is 24.3 Å². The molecule has 0 radical (unpaired) electrons. The number of anilines is 1. The maximum absolute atomic E-state index is 15.0. The lowest BCUT2D eigenvalue weighted by molar-refractivity contribution is -0.148. The molecular formula is C29H39F3N6O6. The Balaban J connectivity index is 1.46. The number of alkyl halides is 3. The summed E-state index contributed by atoms with van der Waals surface area (Å²) in [5, 5.41) is 14.1. The molecule has 2 aromatic rings. The van der Waals surface area contributed by atoms with Crippen LogP contribution in [0, 0.1) is 5.92 Å². The van der Waals surface area contributed by atoms with Crippen LogP contribution in [0.1, 0.15) is 80.7 Å². The highest BCUT2D eigenvalue weighted by Crippen LogP contribution is 2.39. The van der Waals surface area contributed by atoms with Gasteiger partial charge in [0.05, 0.1) is 18.0 Å². The third-order valence-electron chi connectivity index (χ3n) is 7.41. The maximum atomic E-state index is 15.0. The minimum absolute atomic E-state index is 0.0350. The number of rotatable bonds is 13. The number of alkyl carbamates (subject to hydrolysis) is 1. The standard InChI is InChI=1S/C29H39F3N6O6/c1-16(2)6-26(39)43-15-38-25(33-27(40)22-9-19(35-37(22)5)13-42-14-24(31)32)10-21(36-38)18-7-20(30)23(8-18)44-28(41)34-29(4)11-17(3)12-29/h9-10,16,18,20,23-24H,3,6-8,11-15H2,1-2,4-5H3,(H,33,40)(H,34,41). The molecule has 2 heterocycles. The van der Waals surface area contributed by atoms with Gasteiger partial charge in [0.1, 0.15) is 30.4 Å². The molecule has 2 N–H and O–H groups in total. The maximum Gasteiger partial charge on any atom is 0.407 e. The number of aryl methyl sites for hydroxylation is 1. The number of hydrogen-bond donors (Lipinski definition) is 2. The Bertz CT molecular complexity index is 1370. The first kappa shape index (κ1) is 33.0. The van der Waals surface area contributed by atoms with E-state index in [1.807, 2.05) is 20.8 Å². The summed E-state index contributed by atoms with van der Waals surface area (Å²) in [4.78, 5) is 37.9. The van der Waals surface area contributed by atoms with Crippen LogP contribution in [-0.2, 0) is 39.4 Å². The Morgan fingerprint density at radius 3 is 2.57 bits per heavy atom. The van der Waals surface area contributed by atoms with E-state index in [2.05, 4.69) is 27.4 Å². The quantitative estimate of drug-likeness (QED) is 0.243. The predicted molar refractivity (Wildman–Crippen MR) is 152 cm³/mol. The van der Waals surface area contributed by atoms with Crippen LogP contribution >= 0.6 is 0 Å². The predicted octanol–water partition coefficient (Wildman–Crippen LogP) is 4.62. The van der Waals surface area contributed by atoms with Gasteiger partial charge in [-0.05, 0) is 44.6 Å². The summed E-state index contributed by atoms with van der Waals surface area (Å²) in [5.41, 5.74) is 1.38. The van der Waals surface area contributed by atoms with Crippen molar-refractivity contribution in [2.75, 3.05) is 11.9 Å². The van der Waals surface area contributed by atoms with Crippen LogP contribution in [-0.4, -0.2) is 68.4 Å². The summed E-state index contributed by atoms with van der Waals surface area (Å²) < 4.78 is 58.1. The zero-order chi connectivity index (χ0) is 32.2. The number of esters is 1. The molecule has 0 saturated heterocycles. The lowest BCUT2D eigenvalue weighted by atomic mass is 9.75. The Morgan fingerprint density at radius 1 is 1.18 bits per heavy atom. The third kappa shape index (κ3) is 8.61. The fourth-order valence-corrected chi connectivity index (χ4v) is 5.47. The minimum atomic E-state index is -2.63. The number of carbonyl (C=O) groups excluding carboxylic acids is 3. The molecule has 12 nitrogen and oxygen atoms in total. The van der Waals surface area contributed by atoms with Crippen LogP contribution in [0.5, 0.6) is 0 Å². The van der Waals surface area contributed by atoms with Gasteiger partial charge in [0.25, 0.3) is 12.3 Å². The number of nitrogens with zero attached hydrogens (tertiary/aromatic N) is 4. The Labute approximate surface area is 253 Å². The number of amides is 2. The summed E-state index contributed by atoms with van der Waals surface area (Å²) in [6.07, 6.45) is -4.09. The molecule has 3 unspecified atom stereocenters. The Morgan fingerprint density at radius 2 is 1.91 bits per heavy atom. The van der Waals surface area contributed by atoms with Crippen LogP contribution in [0.25, 0.3) is 0 Å². The van der Waals surface area contributed by atoms with Gasteiger partial charge in [-0.1, -0.05) is 26.0 Å². The molecule has 2 aliphatic carbocycles. The fraction of sp³-hybridized carbons (Fsp3) is 0.621. The lowest BCUT2D eigenvalue weighted by Gasteiger charge is -2.40. The second-order valence-corrected chi connectivity index (χ2v) is 12.1. The van der Waals surface area contributed by atoms with E-state index >= 15 is 4.39 Å². The summed E-state index contributed by atoms with van der Waals surface area (Å²) in [5.74, 6) is -1.25. The van der Waals surface area contributed by atoms with Gasteiger partial charge < -0.3 is 24.8 Å². The monoisotopic (exact) mass is 624 g/mol. The number of hydrogen-bond acceptors (Lipinski definition) is 8. The topological polar surface area (TPSA) is 139 Å². The van der Waals surface area contributed by atoms with E-state index in [0.29, 0.717) is 18.5 Å². The Hall–Kier alpha value is -3.88. The zero-order valence-electron chi connectivity index (χ0n) is 25.3. The number of halogens is 3. The first-order valence-corrected chi connectivity index (χ1v) is 14.4. The average Bonchev–Trinajstić information content (AvgIpc) is 3.58. The minimum Gasteiger partial charge on any atom is -0.443 e. The molecule has 15 heteroatoms. The average molecular weight is 625 g/mol. The van der Waals surface area contributed by atoms with Crippen molar-refractivity contribution >= 4 is 23.8 Å². The van der Waals surface area contributed by atoms with E-state index in [9.17, 15) is 23.2 Å². The van der Waals surface area contributed by atoms with Gasteiger partial charge in [-0.2, -0.15) is 10.2 Å². The number of carbonyl (C=O) groups is 3. The zero-order valence-corrected chi connectivity index (χ0v) is 25.3. The Kier molecular flexibility index (Phi) is 10.4. The van der Waals surface area contributed by atoms with Crippen molar-refractivity contribution in [2.45, 2.75) is 96.4 Å². The second-order valence-electron chi connectivity index (χ2n) is 12.1. The molecule has 2 aliphatic rings. The van der Waals surface area contributed by atoms with Gasteiger partial charge in [-0.25, -0.2) is 22.6 Å². The number of nitrogens with one attached hydrogen (secondary N) is 2. The second kappa shape index (κ2) is 13.8. The normalized spacial score (nSPS) is 20.9. The smallest absolute Gasteiger partial charge is 0.407 e.